The van der Waals surface area contributed by atoms with Gasteiger partial charge in [-0.2, -0.15) is 0 Å². The van der Waals surface area contributed by atoms with Crippen molar-refractivity contribution < 1.29 is 14.8 Å². The van der Waals surface area contributed by atoms with Crippen LogP contribution in [0, 0.1) is 16.0 Å². The number of hydrogen-bond donors (Lipinski definition) is 3. The predicted molar refractivity (Wildman–Crippen MR) is 118 cm³/mol. The number of nitro benzene ring substituents is 1. The van der Waals surface area contributed by atoms with Crippen molar-refractivity contribution in [1.29, 1.82) is 0 Å². The van der Waals surface area contributed by atoms with Crippen LogP contribution in [0.2, 0.25) is 0 Å². The Balaban J connectivity index is 1.77. The highest BCUT2D eigenvalue weighted by Gasteiger charge is 2.20. The fourth-order valence-electron chi connectivity index (χ4n) is 3.40. The van der Waals surface area contributed by atoms with Crippen molar-refractivity contribution in [2.24, 2.45) is 10.9 Å². The third kappa shape index (κ3) is 8.54. The maximum Gasteiger partial charge on any atom is 0.269 e. The van der Waals surface area contributed by atoms with Crippen LogP contribution < -0.4 is 15.4 Å². The normalized spacial score (nSPS) is 17.0. The van der Waals surface area contributed by atoms with Crippen LogP contribution in [-0.2, 0) is 0 Å². The number of piperidine rings is 1. The molecular weight excluding hydrogens is 386 g/mol. The summed E-state index contributed by atoms with van der Waals surface area (Å²) in [4.78, 5) is 17.2. The van der Waals surface area contributed by atoms with Gasteiger partial charge in [0, 0.05) is 44.4 Å². The van der Waals surface area contributed by atoms with Crippen molar-refractivity contribution in [3.8, 4) is 5.75 Å². The van der Waals surface area contributed by atoms with Gasteiger partial charge in [-0.15, -0.1) is 0 Å². The molecule has 168 valence electrons. The average molecular weight is 422 g/mol. The topological polar surface area (TPSA) is 112 Å². The fourth-order valence-corrected chi connectivity index (χ4v) is 3.40. The molecule has 0 spiro atoms. The van der Waals surface area contributed by atoms with Gasteiger partial charge >= 0.3 is 0 Å². The van der Waals surface area contributed by atoms with Crippen molar-refractivity contribution in [3.63, 3.8) is 0 Å². The van der Waals surface area contributed by atoms with Gasteiger partial charge in [0.1, 0.15) is 18.5 Å². The molecule has 1 aromatic rings. The lowest BCUT2D eigenvalue weighted by atomic mass is 10.0. The summed E-state index contributed by atoms with van der Waals surface area (Å²) in [5, 5.41) is 27.6. The summed E-state index contributed by atoms with van der Waals surface area (Å²) in [5.41, 5.74) is 0.00361. The van der Waals surface area contributed by atoms with E-state index in [1.807, 2.05) is 6.92 Å². The summed E-state index contributed by atoms with van der Waals surface area (Å²) in [6, 6.07) is 6.16. The number of guanidine groups is 1. The maximum absolute atomic E-state index is 10.7. The summed E-state index contributed by atoms with van der Waals surface area (Å²) < 4.78 is 5.50. The molecule has 1 aliphatic heterocycles. The third-order valence-corrected chi connectivity index (χ3v) is 4.85. The SMILES string of the molecule is CCNC(=NCC(O)COc1ccc([N+](=O)[O-])cc1)NC1CCN(CC(C)C)CC1. The molecule has 0 aliphatic carbocycles. The van der Waals surface area contributed by atoms with Crippen molar-refractivity contribution in [3.05, 3.63) is 34.4 Å². The first-order chi connectivity index (χ1) is 14.4. The predicted octanol–water partition coefficient (Wildman–Crippen LogP) is 2.01. The molecule has 1 aromatic carbocycles. The number of benzene rings is 1. The van der Waals surface area contributed by atoms with Gasteiger partial charge in [-0.05, 0) is 37.8 Å². The Bertz CT molecular complexity index is 672. The Morgan fingerprint density at radius 3 is 2.57 bits per heavy atom. The van der Waals surface area contributed by atoms with Crippen molar-refractivity contribution >= 4 is 11.6 Å². The monoisotopic (exact) mass is 421 g/mol. The number of likely N-dealkylation sites (tertiary alicyclic amines) is 1. The Hall–Kier alpha value is -2.39. The number of aliphatic hydroxyl groups is 1. The van der Waals surface area contributed by atoms with Gasteiger partial charge in [-0.1, -0.05) is 13.8 Å². The van der Waals surface area contributed by atoms with E-state index in [2.05, 4.69) is 34.4 Å². The zero-order valence-electron chi connectivity index (χ0n) is 18.2. The minimum absolute atomic E-state index is 0.00361. The number of nitrogens with one attached hydrogen (secondary N) is 2. The van der Waals surface area contributed by atoms with Crippen LogP contribution in [0.5, 0.6) is 5.75 Å². The molecule has 1 heterocycles. The van der Waals surface area contributed by atoms with Gasteiger partial charge in [0.2, 0.25) is 0 Å². The maximum atomic E-state index is 10.7. The molecule has 1 saturated heterocycles. The Labute approximate surface area is 178 Å². The molecule has 0 aromatic heterocycles. The van der Waals surface area contributed by atoms with Crippen molar-refractivity contribution in [1.82, 2.24) is 15.5 Å². The number of ether oxygens (including phenoxy) is 1. The highest BCUT2D eigenvalue weighted by molar-refractivity contribution is 5.80. The summed E-state index contributed by atoms with van der Waals surface area (Å²) in [6.07, 6.45) is 1.37. The molecule has 0 bridgehead atoms. The molecular formula is C21H35N5O4. The van der Waals surface area contributed by atoms with Crippen LogP contribution in [0.3, 0.4) is 0 Å². The van der Waals surface area contributed by atoms with E-state index < -0.39 is 11.0 Å². The van der Waals surface area contributed by atoms with Gasteiger partial charge in [0.05, 0.1) is 11.5 Å². The lowest BCUT2D eigenvalue weighted by Crippen LogP contribution is -2.49. The van der Waals surface area contributed by atoms with Crippen LogP contribution in [0.25, 0.3) is 0 Å². The van der Waals surface area contributed by atoms with Crippen molar-refractivity contribution in [2.75, 3.05) is 39.3 Å². The average Bonchev–Trinajstić information content (AvgIpc) is 2.72. The van der Waals surface area contributed by atoms with E-state index in [0.29, 0.717) is 23.7 Å². The number of nitrogens with zero attached hydrogens (tertiary/aromatic N) is 3. The quantitative estimate of drug-likeness (QED) is 0.229. The first-order valence-corrected chi connectivity index (χ1v) is 10.7. The van der Waals surface area contributed by atoms with Crippen molar-refractivity contribution in [2.45, 2.75) is 45.8 Å². The zero-order valence-corrected chi connectivity index (χ0v) is 18.2. The molecule has 1 fully saturated rings. The van der Waals surface area contributed by atoms with Crippen LogP contribution in [-0.4, -0.2) is 72.4 Å². The molecule has 1 aliphatic rings. The minimum atomic E-state index is -0.775. The highest BCUT2D eigenvalue weighted by Crippen LogP contribution is 2.17. The lowest BCUT2D eigenvalue weighted by molar-refractivity contribution is -0.384. The third-order valence-electron chi connectivity index (χ3n) is 4.85. The number of rotatable bonds is 10. The summed E-state index contributed by atoms with van der Waals surface area (Å²) >= 11 is 0. The summed E-state index contributed by atoms with van der Waals surface area (Å²) in [7, 11) is 0. The van der Waals surface area contributed by atoms with E-state index in [1.165, 1.54) is 24.3 Å². The van der Waals surface area contributed by atoms with E-state index in [-0.39, 0.29) is 18.8 Å². The van der Waals surface area contributed by atoms with E-state index in [9.17, 15) is 15.2 Å². The number of hydrogen-bond acceptors (Lipinski definition) is 6. The second-order valence-electron chi connectivity index (χ2n) is 8.05. The molecule has 2 rings (SSSR count). The number of nitro groups is 1. The number of aliphatic imine (C=N–C) groups is 1. The van der Waals surface area contributed by atoms with Crippen LogP contribution in [0.15, 0.2) is 29.3 Å². The van der Waals surface area contributed by atoms with Gasteiger partial charge in [-0.25, -0.2) is 0 Å². The number of aliphatic hydroxyl groups excluding tert-OH is 1. The Morgan fingerprint density at radius 2 is 2.00 bits per heavy atom. The Morgan fingerprint density at radius 1 is 1.33 bits per heavy atom. The molecule has 0 saturated carbocycles. The standard InChI is InChI=1S/C21H35N5O4/c1-4-22-21(24-17-9-11-25(12-10-17)14-16(2)3)23-13-19(27)15-30-20-7-5-18(6-8-20)26(28)29/h5-8,16-17,19,27H,4,9-15H2,1-3H3,(H2,22,23,24). The molecule has 30 heavy (non-hydrogen) atoms. The highest BCUT2D eigenvalue weighted by atomic mass is 16.6. The van der Waals surface area contributed by atoms with Gasteiger partial charge < -0.3 is 25.4 Å². The van der Waals surface area contributed by atoms with E-state index in [1.54, 1.807) is 0 Å². The molecule has 0 amide bonds. The fraction of sp³-hybridized carbons (Fsp3) is 0.667. The summed E-state index contributed by atoms with van der Waals surface area (Å²) in [5.74, 6) is 1.86. The molecule has 1 unspecified atom stereocenters. The summed E-state index contributed by atoms with van der Waals surface area (Å²) in [6.45, 7) is 10.8. The zero-order chi connectivity index (χ0) is 21.9. The van der Waals surface area contributed by atoms with Gasteiger partial charge in [0.15, 0.2) is 5.96 Å². The van der Waals surface area contributed by atoms with Crippen LogP contribution >= 0.6 is 0 Å². The molecule has 9 heteroatoms. The molecule has 1 atom stereocenters. The first kappa shape index (κ1) is 23.9. The smallest absolute Gasteiger partial charge is 0.269 e. The first-order valence-electron chi connectivity index (χ1n) is 10.7. The molecule has 0 radical (unpaired) electrons. The molecule has 3 N–H and O–H groups in total. The van der Waals surface area contributed by atoms with Crippen LogP contribution in [0.4, 0.5) is 5.69 Å². The van der Waals surface area contributed by atoms with Crippen LogP contribution in [0.1, 0.15) is 33.6 Å². The van der Waals surface area contributed by atoms with Gasteiger partial charge in [-0.3, -0.25) is 15.1 Å². The second-order valence-corrected chi connectivity index (χ2v) is 8.05. The number of non-ortho nitro benzene ring substituents is 1. The van der Waals surface area contributed by atoms with E-state index in [0.717, 1.165) is 39.0 Å². The van der Waals surface area contributed by atoms with E-state index >= 15 is 0 Å². The Kier molecular flexibility index (Phi) is 9.82. The lowest BCUT2D eigenvalue weighted by Gasteiger charge is -2.34. The largest absolute Gasteiger partial charge is 0.491 e. The van der Waals surface area contributed by atoms with E-state index in [4.69, 9.17) is 4.74 Å². The van der Waals surface area contributed by atoms with Gasteiger partial charge in [0.25, 0.3) is 5.69 Å². The second kappa shape index (κ2) is 12.3. The molecule has 9 nitrogen and oxygen atoms in total. The minimum Gasteiger partial charge on any atom is -0.491 e.